The number of hydrogen-bond donors (Lipinski definition) is 2. The second kappa shape index (κ2) is 5.07. The Bertz CT molecular complexity index is 632. The molecule has 0 radical (unpaired) electrons. The molecule has 0 amide bonds. The Labute approximate surface area is 118 Å². The van der Waals surface area contributed by atoms with Crippen LogP contribution in [0.15, 0.2) is 24.3 Å². The van der Waals surface area contributed by atoms with Crippen LogP contribution in [0, 0.1) is 12.7 Å². The van der Waals surface area contributed by atoms with Crippen molar-refractivity contribution in [1.82, 2.24) is 9.97 Å². The van der Waals surface area contributed by atoms with Crippen LogP contribution >= 0.6 is 0 Å². The number of nitrogen functional groups attached to an aromatic ring is 1. The van der Waals surface area contributed by atoms with Crippen molar-refractivity contribution < 1.29 is 4.39 Å². The number of rotatable bonds is 2. The van der Waals surface area contributed by atoms with Gasteiger partial charge in [-0.15, -0.1) is 0 Å². The van der Waals surface area contributed by atoms with Crippen LogP contribution in [0.1, 0.15) is 32.2 Å². The molecule has 20 heavy (non-hydrogen) atoms. The lowest BCUT2D eigenvalue weighted by Crippen LogP contribution is -2.17. The van der Waals surface area contributed by atoms with Crippen molar-refractivity contribution >= 4 is 17.3 Å². The molecule has 0 aliphatic heterocycles. The highest BCUT2D eigenvalue weighted by atomic mass is 19.1. The molecule has 0 bridgehead atoms. The van der Waals surface area contributed by atoms with Gasteiger partial charge in [-0.1, -0.05) is 20.8 Å². The number of aryl methyl sites for hydroxylation is 1. The first-order chi connectivity index (χ1) is 9.25. The molecule has 106 valence electrons. The fourth-order valence-corrected chi connectivity index (χ4v) is 1.74. The molecular weight excluding hydrogens is 255 g/mol. The fourth-order valence-electron chi connectivity index (χ4n) is 1.74. The number of halogens is 1. The van der Waals surface area contributed by atoms with Crippen molar-refractivity contribution in [2.75, 3.05) is 11.1 Å². The van der Waals surface area contributed by atoms with E-state index in [-0.39, 0.29) is 11.2 Å². The lowest BCUT2D eigenvalue weighted by Gasteiger charge is -2.18. The number of anilines is 3. The van der Waals surface area contributed by atoms with E-state index >= 15 is 0 Å². The van der Waals surface area contributed by atoms with Gasteiger partial charge in [0, 0.05) is 17.2 Å². The summed E-state index contributed by atoms with van der Waals surface area (Å²) >= 11 is 0. The van der Waals surface area contributed by atoms with Gasteiger partial charge >= 0.3 is 0 Å². The highest BCUT2D eigenvalue weighted by molar-refractivity contribution is 5.59. The molecule has 5 heteroatoms. The zero-order valence-corrected chi connectivity index (χ0v) is 12.2. The number of nitrogens with two attached hydrogens (primary N) is 1. The molecule has 1 aromatic carbocycles. The lowest BCUT2D eigenvalue weighted by atomic mass is 9.96. The van der Waals surface area contributed by atoms with Crippen LogP contribution in [0.5, 0.6) is 0 Å². The van der Waals surface area contributed by atoms with Gasteiger partial charge in [-0.3, -0.25) is 0 Å². The SMILES string of the molecule is Cc1cc(Nc2cc(N)nc(C(C)(C)C)n2)ccc1F. The molecule has 0 saturated heterocycles. The van der Waals surface area contributed by atoms with Gasteiger partial charge in [0.2, 0.25) is 0 Å². The average molecular weight is 274 g/mol. The van der Waals surface area contributed by atoms with Crippen LogP contribution in [0.25, 0.3) is 0 Å². The van der Waals surface area contributed by atoms with Crippen molar-refractivity contribution in [2.24, 2.45) is 0 Å². The van der Waals surface area contributed by atoms with Gasteiger partial charge in [0.1, 0.15) is 23.3 Å². The molecule has 1 heterocycles. The summed E-state index contributed by atoms with van der Waals surface area (Å²) in [4.78, 5) is 8.70. The number of nitrogens with one attached hydrogen (secondary N) is 1. The van der Waals surface area contributed by atoms with E-state index in [1.54, 1.807) is 25.1 Å². The molecule has 0 aliphatic carbocycles. The topological polar surface area (TPSA) is 63.8 Å². The van der Waals surface area contributed by atoms with E-state index in [4.69, 9.17) is 5.73 Å². The molecule has 0 fully saturated rings. The standard InChI is InChI=1S/C15H19FN4/c1-9-7-10(5-6-11(9)16)18-13-8-12(17)19-14(20-13)15(2,3)4/h5-8H,1-4H3,(H3,17,18,19,20). The third-order valence-electron chi connectivity index (χ3n) is 2.85. The summed E-state index contributed by atoms with van der Waals surface area (Å²) in [6.07, 6.45) is 0. The van der Waals surface area contributed by atoms with E-state index in [1.807, 2.05) is 20.8 Å². The molecule has 2 rings (SSSR count). The van der Waals surface area contributed by atoms with Crippen LogP contribution in [0.4, 0.5) is 21.7 Å². The van der Waals surface area contributed by atoms with Crippen LogP contribution < -0.4 is 11.1 Å². The summed E-state index contributed by atoms with van der Waals surface area (Å²) < 4.78 is 13.2. The van der Waals surface area contributed by atoms with Crippen molar-refractivity contribution in [3.8, 4) is 0 Å². The summed E-state index contributed by atoms with van der Waals surface area (Å²) in [6.45, 7) is 7.78. The molecule has 3 N–H and O–H groups in total. The highest BCUT2D eigenvalue weighted by Crippen LogP contribution is 2.23. The third-order valence-corrected chi connectivity index (χ3v) is 2.85. The Morgan fingerprint density at radius 1 is 1.15 bits per heavy atom. The third kappa shape index (κ3) is 3.23. The molecule has 4 nitrogen and oxygen atoms in total. The molecule has 2 aromatic rings. The van der Waals surface area contributed by atoms with E-state index in [1.165, 1.54) is 6.07 Å². The van der Waals surface area contributed by atoms with Crippen LogP contribution in [0.3, 0.4) is 0 Å². The molecule has 0 spiro atoms. The maximum Gasteiger partial charge on any atom is 0.138 e. The summed E-state index contributed by atoms with van der Waals surface area (Å²) in [5.74, 6) is 1.45. The van der Waals surface area contributed by atoms with Gasteiger partial charge in [-0.2, -0.15) is 0 Å². The number of aromatic nitrogens is 2. The number of benzene rings is 1. The Hall–Kier alpha value is -2.17. The molecule has 0 aliphatic rings. The summed E-state index contributed by atoms with van der Waals surface area (Å²) in [6, 6.07) is 6.47. The van der Waals surface area contributed by atoms with Crippen LogP contribution in [0.2, 0.25) is 0 Å². The number of hydrogen-bond acceptors (Lipinski definition) is 4. The van der Waals surface area contributed by atoms with E-state index in [2.05, 4.69) is 15.3 Å². The maximum atomic E-state index is 13.2. The maximum absolute atomic E-state index is 13.2. The van der Waals surface area contributed by atoms with Gasteiger partial charge in [-0.25, -0.2) is 14.4 Å². The van der Waals surface area contributed by atoms with Crippen molar-refractivity contribution in [1.29, 1.82) is 0 Å². The smallest absolute Gasteiger partial charge is 0.138 e. The fraction of sp³-hybridized carbons (Fsp3) is 0.333. The molecule has 1 aromatic heterocycles. The minimum absolute atomic E-state index is 0.190. The first-order valence-electron chi connectivity index (χ1n) is 6.44. The Morgan fingerprint density at radius 2 is 1.85 bits per heavy atom. The normalized spacial score (nSPS) is 11.4. The monoisotopic (exact) mass is 274 g/mol. The van der Waals surface area contributed by atoms with Gasteiger partial charge in [-0.05, 0) is 30.7 Å². The van der Waals surface area contributed by atoms with Gasteiger partial charge in [0.25, 0.3) is 0 Å². The first-order valence-corrected chi connectivity index (χ1v) is 6.44. The highest BCUT2D eigenvalue weighted by Gasteiger charge is 2.18. The van der Waals surface area contributed by atoms with E-state index in [0.29, 0.717) is 23.0 Å². The zero-order valence-electron chi connectivity index (χ0n) is 12.2. The average Bonchev–Trinajstić information content (AvgIpc) is 2.32. The lowest BCUT2D eigenvalue weighted by molar-refractivity contribution is 0.547. The van der Waals surface area contributed by atoms with Crippen LogP contribution in [-0.4, -0.2) is 9.97 Å². The second-order valence-corrected chi connectivity index (χ2v) is 5.84. The number of nitrogens with zero attached hydrogens (tertiary/aromatic N) is 2. The Morgan fingerprint density at radius 3 is 2.45 bits per heavy atom. The quantitative estimate of drug-likeness (QED) is 0.879. The minimum Gasteiger partial charge on any atom is -0.384 e. The van der Waals surface area contributed by atoms with Crippen molar-refractivity contribution in [3.63, 3.8) is 0 Å². The summed E-state index contributed by atoms with van der Waals surface area (Å²) in [5.41, 5.74) is 6.97. The molecule has 0 saturated carbocycles. The van der Waals surface area contributed by atoms with Gasteiger partial charge < -0.3 is 11.1 Å². The summed E-state index contributed by atoms with van der Waals surface area (Å²) in [5, 5.41) is 3.13. The first kappa shape index (κ1) is 14.2. The van der Waals surface area contributed by atoms with E-state index in [0.717, 1.165) is 5.69 Å². The molecule has 0 unspecified atom stereocenters. The molecule has 0 atom stereocenters. The Balaban J connectivity index is 2.33. The minimum atomic E-state index is -0.229. The predicted molar refractivity (Wildman–Crippen MR) is 79.6 cm³/mol. The van der Waals surface area contributed by atoms with Crippen molar-refractivity contribution in [2.45, 2.75) is 33.1 Å². The van der Waals surface area contributed by atoms with E-state index < -0.39 is 0 Å². The second-order valence-electron chi connectivity index (χ2n) is 5.84. The largest absolute Gasteiger partial charge is 0.384 e. The van der Waals surface area contributed by atoms with Gasteiger partial charge in [0.15, 0.2) is 0 Å². The molecular formula is C15H19FN4. The van der Waals surface area contributed by atoms with Crippen molar-refractivity contribution in [3.05, 3.63) is 41.5 Å². The predicted octanol–water partition coefficient (Wildman–Crippen LogP) is 3.55. The van der Waals surface area contributed by atoms with Gasteiger partial charge in [0.05, 0.1) is 0 Å². The Kier molecular flexibility index (Phi) is 3.61. The van der Waals surface area contributed by atoms with E-state index in [9.17, 15) is 4.39 Å². The summed E-state index contributed by atoms with van der Waals surface area (Å²) in [7, 11) is 0. The zero-order chi connectivity index (χ0) is 14.9. The van der Waals surface area contributed by atoms with Crippen LogP contribution in [-0.2, 0) is 5.41 Å².